The van der Waals surface area contributed by atoms with Gasteiger partial charge in [-0.15, -0.1) is 0 Å². The van der Waals surface area contributed by atoms with E-state index in [2.05, 4.69) is 22.0 Å². The molecule has 176 valence electrons. The van der Waals surface area contributed by atoms with Crippen molar-refractivity contribution in [2.75, 3.05) is 53.0 Å². The maximum Gasteiger partial charge on any atom is 0.337 e. The lowest BCUT2D eigenvalue weighted by molar-refractivity contribution is -0.145. The number of piperidine rings is 1. The first-order valence-corrected chi connectivity index (χ1v) is 12.1. The van der Waals surface area contributed by atoms with Crippen molar-refractivity contribution in [3.05, 3.63) is 35.4 Å². The van der Waals surface area contributed by atoms with Gasteiger partial charge >= 0.3 is 5.97 Å². The Kier molecular flexibility index (Phi) is 7.48. The molecule has 7 heteroatoms. The molecule has 1 aliphatic carbocycles. The molecule has 3 fully saturated rings. The van der Waals surface area contributed by atoms with Crippen molar-refractivity contribution in [1.82, 2.24) is 15.1 Å². The third kappa shape index (κ3) is 4.85. The number of methoxy groups -OCH3 is 1. The van der Waals surface area contributed by atoms with Crippen LogP contribution in [0.5, 0.6) is 0 Å². The second-order valence-corrected chi connectivity index (χ2v) is 9.46. The van der Waals surface area contributed by atoms with Crippen LogP contribution in [-0.2, 0) is 20.8 Å². The van der Waals surface area contributed by atoms with Crippen molar-refractivity contribution in [1.29, 1.82) is 0 Å². The summed E-state index contributed by atoms with van der Waals surface area (Å²) in [4.78, 5) is 30.3. The fourth-order valence-electron chi connectivity index (χ4n) is 5.87. The lowest BCUT2D eigenvalue weighted by atomic mass is 9.61. The normalized spacial score (nSPS) is 29.2. The van der Waals surface area contributed by atoms with E-state index in [0.29, 0.717) is 24.1 Å². The van der Waals surface area contributed by atoms with Gasteiger partial charge in [-0.3, -0.25) is 9.69 Å². The third-order valence-electron chi connectivity index (χ3n) is 7.85. The van der Waals surface area contributed by atoms with Gasteiger partial charge in [-0.2, -0.15) is 0 Å². The SMILES string of the molecule is CCN1CC[C@@H]2C[C@@H](N3CCOCC3)CC[C@@]2(C(=O)NCc2ccc(C(=O)OC)cc2)C1. The van der Waals surface area contributed by atoms with Gasteiger partial charge in [0.2, 0.25) is 5.91 Å². The first-order chi connectivity index (χ1) is 15.6. The van der Waals surface area contributed by atoms with E-state index in [1.807, 2.05) is 12.1 Å². The van der Waals surface area contributed by atoms with Crippen molar-refractivity contribution in [2.24, 2.45) is 11.3 Å². The van der Waals surface area contributed by atoms with Crippen LogP contribution in [0, 0.1) is 11.3 Å². The zero-order chi connectivity index (χ0) is 22.6. The first kappa shape index (κ1) is 23.2. The van der Waals surface area contributed by atoms with Crippen LogP contribution >= 0.6 is 0 Å². The standard InChI is InChI=1S/C25H37N3O4/c1-3-27-11-9-21-16-22(28-12-14-32-15-13-28)8-10-25(21,18-27)24(30)26-17-19-4-6-20(7-5-19)23(29)31-2/h4-7,21-22H,3,8-18H2,1-2H3,(H,26,30)/t21-,22+,25-/m1/s1. The number of carbonyl (C=O) groups excluding carboxylic acids is 2. The molecule has 2 heterocycles. The van der Waals surface area contributed by atoms with Crippen molar-refractivity contribution in [3.8, 4) is 0 Å². The van der Waals surface area contributed by atoms with Crippen LogP contribution < -0.4 is 5.32 Å². The predicted octanol–water partition coefficient (Wildman–Crippen LogP) is 2.30. The van der Waals surface area contributed by atoms with Gasteiger partial charge in [-0.25, -0.2) is 4.79 Å². The van der Waals surface area contributed by atoms with E-state index in [-0.39, 0.29) is 17.3 Å². The molecule has 3 atom stereocenters. The van der Waals surface area contributed by atoms with E-state index in [9.17, 15) is 9.59 Å². The van der Waals surface area contributed by atoms with Crippen molar-refractivity contribution < 1.29 is 19.1 Å². The minimum atomic E-state index is -0.346. The van der Waals surface area contributed by atoms with Gasteiger partial charge in [0.1, 0.15) is 0 Å². The molecule has 3 aliphatic rings. The van der Waals surface area contributed by atoms with Gasteiger partial charge in [0, 0.05) is 32.2 Å². The number of hydrogen-bond acceptors (Lipinski definition) is 6. The minimum Gasteiger partial charge on any atom is -0.465 e. The molecule has 0 spiro atoms. The smallest absolute Gasteiger partial charge is 0.337 e. The van der Waals surface area contributed by atoms with Crippen LogP contribution in [-0.4, -0.2) is 80.8 Å². The predicted molar refractivity (Wildman–Crippen MR) is 122 cm³/mol. The Morgan fingerprint density at radius 2 is 1.91 bits per heavy atom. The monoisotopic (exact) mass is 443 g/mol. The molecule has 32 heavy (non-hydrogen) atoms. The van der Waals surface area contributed by atoms with Crippen LogP contribution in [0.3, 0.4) is 0 Å². The summed E-state index contributed by atoms with van der Waals surface area (Å²) in [5.41, 5.74) is 1.21. The zero-order valence-electron chi connectivity index (χ0n) is 19.5. The van der Waals surface area contributed by atoms with Crippen LogP contribution in [0.2, 0.25) is 0 Å². The van der Waals surface area contributed by atoms with Gasteiger partial charge in [-0.1, -0.05) is 19.1 Å². The summed E-state index contributed by atoms with van der Waals surface area (Å²) in [5.74, 6) is 0.271. The van der Waals surface area contributed by atoms with E-state index >= 15 is 0 Å². The maximum absolute atomic E-state index is 13.6. The van der Waals surface area contributed by atoms with Gasteiger partial charge in [0.25, 0.3) is 0 Å². The molecule has 2 aliphatic heterocycles. The highest BCUT2D eigenvalue weighted by atomic mass is 16.5. The molecular formula is C25H37N3O4. The van der Waals surface area contributed by atoms with Crippen LogP contribution in [0.15, 0.2) is 24.3 Å². The summed E-state index contributed by atoms with van der Waals surface area (Å²) in [6.07, 6.45) is 4.23. The van der Waals surface area contributed by atoms with Crippen molar-refractivity contribution in [2.45, 2.75) is 45.2 Å². The number of fused-ring (bicyclic) bond motifs is 1. The van der Waals surface area contributed by atoms with Gasteiger partial charge in [0.15, 0.2) is 0 Å². The highest BCUT2D eigenvalue weighted by Crippen LogP contribution is 2.47. The number of nitrogens with zero attached hydrogens (tertiary/aromatic N) is 2. The van der Waals surface area contributed by atoms with Crippen LogP contribution in [0.4, 0.5) is 0 Å². The Morgan fingerprint density at radius 1 is 1.16 bits per heavy atom. The fraction of sp³-hybridized carbons (Fsp3) is 0.680. The summed E-state index contributed by atoms with van der Waals surface area (Å²) in [6, 6.07) is 7.85. The fourth-order valence-corrected chi connectivity index (χ4v) is 5.87. The molecule has 0 bridgehead atoms. The number of carbonyl (C=O) groups is 2. The van der Waals surface area contributed by atoms with Crippen molar-refractivity contribution in [3.63, 3.8) is 0 Å². The van der Waals surface area contributed by atoms with E-state index in [1.165, 1.54) is 7.11 Å². The number of morpholine rings is 1. The molecule has 1 aromatic rings. The van der Waals surface area contributed by atoms with E-state index < -0.39 is 0 Å². The molecule has 0 unspecified atom stereocenters. The van der Waals surface area contributed by atoms with Crippen LogP contribution in [0.25, 0.3) is 0 Å². The minimum absolute atomic E-state index is 0.193. The number of hydrogen-bond donors (Lipinski definition) is 1. The number of amides is 1. The Morgan fingerprint density at radius 3 is 2.59 bits per heavy atom. The lowest BCUT2D eigenvalue weighted by Gasteiger charge is -2.53. The Bertz CT molecular complexity index is 793. The Labute approximate surface area is 191 Å². The molecule has 0 aromatic heterocycles. The summed E-state index contributed by atoms with van der Waals surface area (Å²) in [5, 5.41) is 3.24. The number of rotatable bonds is 6. The first-order valence-electron chi connectivity index (χ1n) is 12.1. The molecule has 1 amide bonds. The lowest BCUT2D eigenvalue weighted by Crippen LogP contribution is -2.60. The molecule has 1 N–H and O–H groups in total. The molecule has 2 saturated heterocycles. The number of likely N-dealkylation sites (tertiary alicyclic amines) is 1. The number of esters is 1. The second kappa shape index (κ2) is 10.3. The largest absolute Gasteiger partial charge is 0.465 e. The quantitative estimate of drug-likeness (QED) is 0.681. The van der Waals surface area contributed by atoms with E-state index in [0.717, 1.165) is 77.2 Å². The second-order valence-electron chi connectivity index (χ2n) is 9.46. The summed E-state index contributed by atoms with van der Waals surface area (Å²) in [6.45, 7) is 9.28. The third-order valence-corrected chi connectivity index (χ3v) is 7.85. The number of ether oxygens (including phenoxy) is 2. The molecule has 7 nitrogen and oxygen atoms in total. The number of benzene rings is 1. The van der Waals surface area contributed by atoms with E-state index in [4.69, 9.17) is 9.47 Å². The molecule has 4 rings (SSSR count). The average molecular weight is 444 g/mol. The van der Waals surface area contributed by atoms with Crippen LogP contribution in [0.1, 0.15) is 48.5 Å². The molecular weight excluding hydrogens is 406 g/mol. The Hall–Kier alpha value is -1.96. The summed E-state index contributed by atoms with van der Waals surface area (Å²) >= 11 is 0. The summed E-state index contributed by atoms with van der Waals surface area (Å²) < 4.78 is 10.3. The van der Waals surface area contributed by atoms with Gasteiger partial charge in [0.05, 0.1) is 31.3 Å². The molecule has 1 aromatic carbocycles. The van der Waals surface area contributed by atoms with Gasteiger partial charge < -0.3 is 19.7 Å². The maximum atomic E-state index is 13.6. The van der Waals surface area contributed by atoms with Gasteiger partial charge in [-0.05, 0) is 62.4 Å². The summed E-state index contributed by atoms with van der Waals surface area (Å²) in [7, 11) is 1.38. The molecule has 0 radical (unpaired) electrons. The Balaban J connectivity index is 1.43. The molecule has 1 saturated carbocycles. The average Bonchev–Trinajstić information content (AvgIpc) is 2.86. The highest BCUT2D eigenvalue weighted by molar-refractivity contribution is 5.89. The topological polar surface area (TPSA) is 71.1 Å². The zero-order valence-corrected chi connectivity index (χ0v) is 19.5. The van der Waals surface area contributed by atoms with E-state index in [1.54, 1.807) is 12.1 Å². The highest BCUT2D eigenvalue weighted by Gasteiger charge is 2.52. The number of nitrogens with one attached hydrogen (secondary N) is 1. The van der Waals surface area contributed by atoms with Crippen molar-refractivity contribution >= 4 is 11.9 Å².